The third-order valence-corrected chi connectivity index (χ3v) is 5.09. The van der Waals surface area contributed by atoms with Crippen LogP contribution >= 0.6 is 0 Å². The van der Waals surface area contributed by atoms with E-state index in [0.29, 0.717) is 6.04 Å². The second-order valence-corrected chi connectivity index (χ2v) is 6.33. The SMILES string of the molecule is COc1cccc2[nH]c3c(c12)CCN1CC([C@@H](C)O)=CC[C@H]31. The number of aromatic amines is 1. The van der Waals surface area contributed by atoms with Gasteiger partial charge in [-0.05, 0) is 43.0 Å². The van der Waals surface area contributed by atoms with Crippen molar-refractivity contribution in [3.8, 4) is 5.75 Å². The summed E-state index contributed by atoms with van der Waals surface area (Å²) in [5.41, 5.74) is 5.04. The van der Waals surface area contributed by atoms with Gasteiger partial charge in [-0.15, -0.1) is 0 Å². The van der Waals surface area contributed by atoms with E-state index in [-0.39, 0.29) is 6.10 Å². The van der Waals surface area contributed by atoms with E-state index in [1.165, 1.54) is 16.6 Å². The smallest absolute Gasteiger partial charge is 0.128 e. The Morgan fingerprint density at radius 1 is 1.41 bits per heavy atom. The zero-order chi connectivity index (χ0) is 15.3. The third kappa shape index (κ3) is 1.98. The normalized spacial score (nSPS) is 22.9. The van der Waals surface area contributed by atoms with Gasteiger partial charge in [0, 0.05) is 29.7 Å². The first-order chi connectivity index (χ1) is 10.7. The number of rotatable bonds is 2. The van der Waals surface area contributed by atoms with E-state index in [9.17, 15) is 5.11 Å². The van der Waals surface area contributed by atoms with E-state index in [4.69, 9.17) is 4.74 Å². The Hall–Kier alpha value is -1.78. The molecule has 3 heterocycles. The summed E-state index contributed by atoms with van der Waals surface area (Å²) in [4.78, 5) is 6.10. The number of aliphatic hydroxyl groups excluding tert-OH is 1. The van der Waals surface area contributed by atoms with Crippen molar-refractivity contribution >= 4 is 10.9 Å². The zero-order valence-electron chi connectivity index (χ0n) is 13.1. The average molecular weight is 298 g/mol. The lowest BCUT2D eigenvalue weighted by atomic mass is 9.90. The zero-order valence-corrected chi connectivity index (χ0v) is 13.1. The first kappa shape index (κ1) is 13.9. The Balaban J connectivity index is 1.80. The molecule has 0 unspecified atom stereocenters. The van der Waals surface area contributed by atoms with Gasteiger partial charge in [-0.1, -0.05) is 12.1 Å². The lowest BCUT2D eigenvalue weighted by molar-refractivity contribution is 0.156. The molecule has 0 saturated carbocycles. The largest absolute Gasteiger partial charge is 0.496 e. The van der Waals surface area contributed by atoms with Gasteiger partial charge in [-0.25, -0.2) is 0 Å². The summed E-state index contributed by atoms with van der Waals surface area (Å²) in [7, 11) is 1.74. The van der Waals surface area contributed by atoms with Crippen molar-refractivity contribution in [1.29, 1.82) is 0 Å². The lowest BCUT2D eigenvalue weighted by Crippen LogP contribution is -2.40. The number of aromatic nitrogens is 1. The number of ether oxygens (including phenoxy) is 1. The molecule has 1 aromatic heterocycles. The molecule has 2 atom stereocenters. The van der Waals surface area contributed by atoms with Crippen molar-refractivity contribution in [2.75, 3.05) is 20.2 Å². The minimum absolute atomic E-state index is 0.342. The first-order valence-corrected chi connectivity index (χ1v) is 7.97. The molecule has 2 aliphatic rings. The Bertz CT molecular complexity index is 745. The van der Waals surface area contributed by atoms with Crippen molar-refractivity contribution in [3.63, 3.8) is 0 Å². The highest BCUT2D eigenvalue weighted by atomic mass is 16.5. The summed E-state index contributed by atoms with van der Waals surface area (Å²) in [6.07, 6.45) is 3.86. The van der Waals surface area contributed by atoms with Crippen LogP contribution in [0.1, 0.15) is 30.6 Å². The average Bonchev–Trinajstić information content (AvgIpc) is 2.93. The molecule has 0 amide bonds. The summed E-state index contributed by atoms with van der Waals surface area (Å²) < 4.78 is 5.56. The van der Waals surface area contributed by atoms with Gasteiger partial charge in [0.2, 0.25) is 0 Å². The molecular weight excluding hydrogens is 276 g/mol. The van der Waals surface area contributed by atoms with Crippen LogP contribution in [0.4, 0.5) is 0 Å². The number of hydrogen-bond acceptors (Lipinski definition) is 3. The monoisotopic (exact) mass is 298 g/mol. The molecule has 22 heavy (non-hydrogen) atoms. The highest BCUT2D eigenvalue weighted by Crippen LogP contribution is 2.41. The molecular formula is C18H22N2O2. The number of methoxy groups -OCH3 is 1. The maximum absolute atomic E-state index is 9.83. The van der Waals surface area contributed by atoms with Crippen molar-refractivity contribution in [3.05, 3.63) is 41.1 Å². The predicted molar refractivity (Wildman–Crippen MR) is 87.2 cm³/mol. The number of hydrogen-bond donors (Lipinski definition) is 2. The van der Waals surface area contributed by atoms with Crippen LogP contribution in [-0.4, -0.2) is 41.3 Å². The molecule has 0 fully saturated rings. The van der Waals surface area contributed by atoms with Crippen molar-refractivity contribution in [2.45, 2.75) is 31.9 Å². The molecule has 0 radical (unpaired) electrons. The minimum atomic E-state index is -0.342. The molecule has 4 nitrogen and oxygen atoms in total. The molecule has 4 rings (SSSR count). The van der Waals surface area contributed by atoms with Crippen LogP contribution in [0.3, 0.4) is 0 Å². The third-order valence-electron chi connectivity index (χ3n) is 5.09. The summed E-state index contributed by atoms with van der Waals surface area (Å²) in [5.74, 6) is 0.958. The quantitative estimate of drug-likeness (QED) is 0.838. The Morgan fingerprint density at radius 3 is 3.05 bits per heavy atom. The second kappa shape index (κ2) is 5.14. The molecule has 0 aliphatic carbocycles. The van der Waals surface area contributed by atoms with Crippen LogP contribution in [0, 0.1) is 0 Å². The van der Waals surface area contributed by atoms with Gasteiger partial charge in [0.1, 0.15) is 5.75 Å². The Labute approximate surface area is 130 Å². The molecule has 116 valence electrons. The highest BCUT2D eigenvalue weighted by molar-refractivity contribution is 5.91. The number of fused-ring (bicyclic) bond motifs is 5. The van der Waals surface area contributed by atoms with Gasteiger partial charge in [0.15, 0.2) is 0 Å². The summed E-state index contributed by atoms with van der Waals surface area (Å²) in [6.45, 7) is 3.76. The maximum Gasteiger partial charge on any atom is 0.128 e. The van der Waals surface area contributed by atoms with Gasteiger partial charge >= 0.3 is 0 Å². The molecule has 2 N–H and O–H groups in total. The summed E-state index contributed by atoms with van der Waals surface area (Å²) in [6, 6.07) is 6.59. The minimum Gasteiger partial charge on any atom is -0.496 e. The van der Waals surface area contributed by atoms with E-state index in [2.05, 4.69) is 22.0 Å². The van der Waals surface area contributed by atoms with E-state index < -0.39 is 0 Å². The van der Waals surface area contributed by atoms with Gasteiger partial charge in [-0.2, -0.15) is 0 Å². The highest BCUT2D eigenvalue weighted by Gasteiger charge is 2.33. The number of benzene rings is 1. The molecule has 2 aromatic rings. The molecule has 4 heteroatoms. The molecule has 0 spiro atoms. The van der Waals surface area contributed by atoms with Crippen LogP contribution in [0.15, 0.2) is 29.8 Å². The lowest BCUT2D eigenvalue weighted by Gasteiger charge is -2.39. The maximum atomic E-state index is 9.83. The standard InChI is InChI=1S/C18H22N2O2/c1-11(21)12-6-7-15-18-13(8-9-20(15)10-12)17-14(19-18)4-3-5-16(17)22-2/h3-6,11,15,19,21H,7-10H2,1-2H3/t11-,15-/m1/s1. The molecule has 0 bridgehead atoms. The van der Waals surface area contributed by atoms with Crippen LogP contribution in [0.2, 0.25) is 0 Å². The van der Waals surface area contributed by atoms with Gasteiger partial charge in [0.05, 0.1) is 19.3 Å². The Morgan fingerprint density at radius 2 is 2.27 bits per heavy atom. The van der Waals surface area contributed by atoms with Crippen molar-refractivity contribution in [1.82, 2.24) is 9.88 Å². The number of nitrogens with one attached hydrogen (secondary N) is 1. The van der Waals surface area contributed by atoms with Gasteiger partial charge < -0.3 is 14.8 Å². The number of H-pyrrole nitrogens is 1. The Kier molecular flexibility index (Phi) is 3.24. The van der Waals surface area contributed by atoms with E-state index in [1.54, 1.807) is 7.11 Å². The van der Waals surface area contributed by atoms with Crippen LogP contribution in [-0.2, 0) is 6.42 Å². The summed E-state index contributed by atoms with van der Waals surface area (Å²) >= 11 is 0. The fourth-order valence-electron chi connectivity index (χ4n) is 3.93. The second-order valence-electron chi connectivity index (χ2n) is 6.33. The fourth-order valence-corrected chi connectivity index (χ4v) is 3.93. The van der Waals surface area contributed by atoms with E-state index >= 15 is 0 Å². The predicted octanol–water partition coefficient (Wildman–Crippen LogP) is 2.79. The summed E-state index contributed by atoms with van der Waals surface area (Å²) in [5, 5.41) is 11.1. The molecule has 1 aromatic carbocycles. The van der Waals surface area contributed by atoms with Crippen LogP contribution in [0.25, 0.3) is 10.9 Å². The van der Waals surface area contributed by atoms with Crippen molar-refractivity contribution in [2.24, 2.45) is 0 Å². The van der Waals surface area contributed by atoms with Crippen LogP contribution in [0.5, 0.6) is 5.75 Å². The van der Waals surface area contributed by atoms with Crippen LogP contribution < -0.4 is 4.74 Å². The number of aliphatic hydroxyl groups is 1. The van der Waals surface area contributed by atoms with Gasteiger partial charge in [-0.3, -0.25) is 4.90 Å². The van der Waals surface area contributed by atoms with Gasteiger partial charge in [0.25, 0.3) is 0 Å². The van der Waals surface area contributed by atoms with E-state index in [0.717, 1.165) is 42.8 Å². The topological polar surface area (TPSA) is 48.5 Å². The molecule has 0 saturated heterocycles. The molecule has 2 aliphatic heterocycles. The van der Waals surface area contributed by atoms with E-state index in [1.807, 2.05) is 19.1 Å². The fraction of sp³-hybridized carbons (Fsp3) is 0.444. The number of nitrogens with zero attached hydrogens (tertiary/aromatic N) is 1. The first-order valence-electron chi connectivity index (χ1n) is 7.97. The van der Waals surface area contributed by atoms with Crippen molar-refractivity contribution < 1.29 is 9.84 Å².